The van der Waals surface area contributed by atoms with Gasteiger partial charge in [0.2, 0.25) is 0 Å². The van der Waals surface area contributed by atoms with Gasteiger partial charge in [0.05, 0.1) is 0 Å². The van der Waals surface area contributed by atoms with Crippen LogP contribution in [0.4, 0.5) is 9.59 Å². The summed E-state index contributed by atoms with van der Waals surface area (Å²) < 4.78 is 10.5. The Hall–Kier alpha value is -1.50. The van der Waals surface area contributed by atoms with Gasteiger partial charge >= 0.3 is 12.2 Å². The number of aliphatic hydroxyl groups excluding tert-OH is 1. The van der Waals surface area contributed by atoms with Crippen molar-refractivity contribution in [3.8, 4) is 0 Å². The molecule has 3 N–H and O–H groups in total. The largest absolute Gasteiger partial charge is 0.444 e. The Morgan fingerprint density at radius 2 is 1.58 bits per heavy atom. The van der Waals surface area contributed by atoms with Gasteiger partial charge < -0.3 is 25.2 Å². The second-order valence-electron chi connectivity index (χ2n) is 9.25. The molecule has 0 bridgehead atoms. The molecule has 0 heterocycles. The number of nitrogens with one attached hydrogen (secondary N) is 2. The van der Waals surface area contributed by atoms with Crippen LogP contribution >= 0.6 is 0 Å². The summed E-state index contributed by atoms with van der Waals surface area (Å²) in [6.45, 7) is 13.4. The highest BCUT2D eigenvalue weighted by molar-refractivity contribution is 5.68. The summed E-state index contributed by atoms with van der Waals surface area (Å²) in [5.41, 5.74) is -1.05. The van der Waals surface area contributed by atoms with Gasteiger partial charge in [-0.05, 0) is 73.1 Å². The average Bonchev–Trinajstić information content (AvgIpc) is 3.16. The molecule has 7 heteroatoms. The van der Waals surface area contributed by atoms with E-state index in [-0.39, 0.29) is 18.6 Å². The van der Waals surface area contributed by atoms with Crippen LogP contribution < -0.4 is 10.6 Å². The Bertz CT molecular complexity index is 481. The minimum absolute atomic E-state index is 0.000319. The molecule has 4 atom stereocenters. The summed E-state index contributed by atoms with van der Waals surface area (Å²) in [7, 11) is 0. The highest BCUT2D eigenvalue weighted by Crippen LogP contribution is 2.43. The maximum atomic E-state index is 11.9. The number of carbonyl (C=O) groups is 2. The van der Waals surface area contributed by atoms with Crippen molar-refractivity contribution in [2.45, 2.75) is 78.6 Å². The summed E-state index contributed by atoms with van der Waals surface area (Å²) in [6.07, 6.45) is 0.934. The third kappa shape index (κ3) is 9.27. The maximum absolute atomic E-state index is 11.9. The van der Waals surface area contributed by atoms with Crippen LogP contribution in [-0.2, 0) is 9.47 Å². The lowest BCUT2D eigenvalue weighted by atomic mass is 9.95. The second-order valence-corrected chi connectivity index (χ2v) is 9.25. The summed E-state index contributed by atoms with van der Waals surface area (Å²) in [5, 5.41) is 15.3. The van der Waals surface area contributed by atoms with E-state index in [1.54, 1.807) is 0 Å². The zero-order valence-electron chi connectivity index (χ0n) is 17.2. The van der Waals surface area contributed by atoms with Crippen molar-refractivity contribution in [2.24, 2.45) is 17.8 Å². The van der Waals surface area contributed by atoms with Gasteiger partial charge in [-0.15, -0.1) is 0 Å². The van der Waals surface area contributed by atoms with E-state index in [9.17, 15) is 14.7 Å². The van der Waals surface area contributed by atoms with Crippen molar-refractivity contribution >= 4 is 12.2 Å². The van der Waals surface area contributed by atoms with Crippen molar-refractivity contribution in [1.29, 1.82) is 0 Å². The molecule has 1 aliphatic rings. The van der Waals surface area contributed by atoms with E-state index in [4.69, 9.17) is 9.47 Å². The fraction of sp³-hybridized carbons (Fsp3) is 0.895. The molecule has 0 radical (unpaired) electrons. The van der Waals surface area contributed by atoms with Crippen LogP contribution in [0.5, 0.6) is 0 Å². The van der Waals surface area contributed by atoms with E-state index in [0.29, 0.717) is 18.4 Å². The number of amides is 2. The Balaban J connectivity index is 2.34. The van der Waals surface area contributed by atoms with Crippen molar-refractivity contribution < 1.29 is 24.2 Å². The van der Waals surface area contributed by atoms with Gasteiger partial charge in [0.25, 0.3) is 0 Å². The lowest BCUT2D eigenvalue weighted by molar-refractivity contribution is 0.0468. The Kier molecular flexibility index (Phi) is 7.74. The molecule has 0 aliphatic heterocycles. The fourth-order valence-electron chi connectivity index (χ4n) is 2.81. The van der Waals surface area contributed by atoms with Crippen molar-refractivity contribution in [2.75, 3.05) is 13.2 Å². The number of carbonyl (C=O) groups excluding carboxylic acids is 2. The van der Waals surface area contributed by atoms with E-state index < -0.39 is 23.4 Å². The normalized spacial score (nSPS) is 22.2. The summed E-state index contributed by atoms with van der Waals surface area (Å²) in [5.74, 6) is 0.786. The lowest BCUT2D eigenvalue weighted by Crippen LogP contribution is -2.42. The number of alkyl carbamates (subject to hydrolysis) is 2. The number of rotatable bonds is 7. The van der Waals surface area contributed by atoms with Crippen molar-refractivity contribution in [1.82, 2.24) is 10.6 Å². The molecule has 26 heavy (non-hydrogen) atoms. The molecule has 1 aliphatic carbocycles. The van der Waals surface area contributed by atoms with Crippen molar-refractivity contribution in [3.63, 3.8) is 0 Å². The predicted octanol–water partition coefficient (Wildman–Crippen LogP) is 3.06. The zero-order chi connectivity index (χ0) is 20.1. The molecule has 1 saturated carbocycles. The first kappa shape index (κ1) is 22.5. The monoisotopic (exact) mass is 372 g/mol. The molecule has 1 fully saturated rings. The zero-order valence-corrected chi connectivity index (χ0v) is 17.2. The first-order valence-electron chi connectivity index (χ1n) is 9.38. The number of aliphatic hydroxyl groups is 1. The number of ether oxygens (including phenoxy) is 2. The molecule has 0 aromatic carbocycles. The third-order valence-corrected chi connectivity index (χ3v) is 4.27. The predicted molar refractivity (Wildman–Crippen MR) is 99.9 cm³/mol. The fourth-order valence-corrected chi connectivity index (χ4v) is 2.81. The van der Waals surface area contributed by atoms with Gasteiger partial charge in [-0.3, -0.25) is 0 Å². The van der Waals surface area contributed by atoms with Gasteiger partial charge in [0, 0.05) is 25.1 Å². The van der Waals surface area contributed by atoms with Crippen LogP contribution in [0.3, 0.4) is 0 Å². The van der Waals surface area contributed by atoms with E-state index in [2.05, 4.69) is 10.6 Å². The van der Waals surface area contributed by atoms with Crippen LogP contribution in [0.25, 0.3) is 0 Å². The molecule has 0 unspecified atom stereocenters. The third-order valence-electron chi connectivity index (χ3n) is 4.27. The van der Waals surface area contributed by atoms with Crippen LogP contribution in [0.1, 0.15) is 61.3 Å². The molecule has 7 nitrogen and oxygen atoms in total. The first-order valence-corrected chi connectivity index (χ1v) is 9.38. The Morgan fingerprint density at radius 1 is 1.04 bits per heavy atom. The van der Waals surface area contributed by atoms with Gasteiger partial charge in [-0.1, -0.05) is 0 Å². The van der Waals surface area contributed by atoms with Crippen LogP contribution in [0, 0.1) is 17.8 Å². The first-order chi connectivity index (χ1) is 11.8. The maximum Gasteiger partial charge on any atom is 0.407 e. The van der Waals surface area contributed by atoms with Gasteiger partial charge in [-0.2, -0.15) is 0 Å². The molecule has 0 saturated heterocycles. The molecule has 0 aromatic rings. The summed E-state index contributed by atoms with van der Waals surface area (Å²) in [6, 6.07) is -0.185. The molecular weight excluding hydrogens is 336 g/mol. The minimum atomic E-state index is -0.548. The molecule has 0 spiro atoms. The Morgan fingerprint density at radius 3 is 2.08 bits per heavy atom. The number of hydrogen-bond donors (Lipinski definition) is 3. The quantitative estimate of drug-likeness (QED) is 0.638. The molecule has 1 rings (SSSR count). The van der Waals surface area contributed by atoms with E-state index >= 15 is 0 Å². The van der Waals surface area contributed by atoms with Gasteiger partial charge in [-0.25, -0.2) is 9.59 Å². The highest BCUT2D eigenvalue weighted by atomic mass is 16.6. The highest BCUT2D eigenvalue weighted by Gasteiger charge is 2.39. The molecule has 2 amide bonds. The number of hydrogen-bond acceptors (Lipinski definition) is 5. The summed E-state index contributed by atoms with van der Waals surface area (Å²) >= 11 is 0. The van der Waals surface area contributed by atoms with Crippen LogP contribution in [0.15, 0.2) is 0 Å². The minimum Gasteiger partial charge on any atom is -0.444 e. The standard InChI is InChI=1S/C19H36N2O5/c1-12(21-17(24)26-19(5,6)7)15(11-22)9-13-8-14(13)10-20-16(23)25-18(2,3)4/h12-15,22H,8-11H2,1-7H3,(H,20,23)(H,21,24)/t12-,13+,14-,15+/m1/s1. The second kappa shape index (κ2) is 8.93. The smallest absolute Gasteiger partial charge is 0.407 e. The molecule has 0 aromatic heterocycles. The summed E-state index contributed by atoms with van der Waals surface area (Å²) in [4.78, 5) is 23.6. The van der Waals surface area contributed by atoms with Gasteiger partial charge in [0.1, 0.15) is 11.2 Å². The average molecular weight is 373 g/mol. The van der Waals surface area contributed by atoms with E-state index in [0.717, 1.165) is 12.8 Å². The topological polar surface area (TPSA) is 96.9 Å². The SMILES string of the molecule is C[C@@H](NC(=O)OC(C)(C)C)[C@H](CO)C[C@@H]1C[C@@H]1CNC(=O)OC(C)(C)C. The van der Waals surface area contributed by atoms with Crippen molar-refractivity contribution in [3.05, 3.63) is 0 Å². The molecular formula is C19H36N2O5. The molecule has 152 valence electrons. The van der Waals surface area contributed by atoms with Crippen LogP contribution in [0.2, 0.25) is 0 Å². The van der Waals surface area contributed by atoms with Gasteiger partial charge in [0.15, 0.2) is 0 Å². The lowest BCUT2D eigenvalue weighted by Gasteiger charge is -2.26. The van der Waals surface area contributed by atoms with Crippen LogP contribution in [-0.4, -0.2) is 47.7 Å². The van der Waals surface area contributed by atoms with E-state index in [1.165, 1.54) is 0 Å². The van der Waals surface area contributed by atoms with E-state index in [1.807, 2.05) is 48.5 Å². The Labute approximate surface area is 157 Å².